The van der Waals surface area contributed by atoms with E-state index in [0.717, 1.165) is 33.3 Å². The van der Waals surface area contributed by atoms with Gasteiger partial charge in [0.25, 0.3) is 0 Å². The monoisotopic (exact) mass is 470 g/mol. The van der Waals surface area contributed by atoms with E-state index in [0.29, 0.717) is 21.9 Å². The summed E-state index contributed by atoms with van der Waals surface area (Å²) in [6.07, 6.45) is 2.32. The summed E-state index contributed by atoms with van der Waals surface area (Å²) in [6, 6.07) is 3.65. The zero-order valence-corrected chi connectivity index (χ0v) is 20.2. The zero-order valence-electron chi connectivity index (χ0n) is 19.4. The van der Waals surface area contributed by atoms with Gasteiger partial charge in [-0.15, -0.1) is 10.2 Å². The molecule has 2 amide bonds. The molecule has 4 aromatic rings. The number of rotatable bonds is 5. The second-order valence-corrected chi connectivity index (χ2v) is 9.16. The number of aryl methyl sites for hydroxylation is 2. The van der Waals surface area contributed by atoms with Gasteiger partial charge in [-0.25, -0.2) is 4.79 Å². The predicted molar refractivity (Wildman–Crippen MR) is 128 cm³/mol. The molecule has 3 heterocycles. The van der Waals surface area contributed by atoms with E-state index in [2.05, 4.69) is 15.5 Å². The Kier molecular flexibility index (Phi) is 7.27. The molecule has 4 rings (SSSR count). The lowest BCUT2D eigenvalue weighted by atomic mass is 10.0. The summed E-state index contributed by atoms with van der Waals surface area (Å²) in [4.78, 5) is 35.8. The number of furan rings is 1. The summed E-state index contributed by atoms with van der Waals surface area (Å²) in [7, 11) is 3.38. The molecule has 174 valence electrons. The third kappa shape index (κ3) is 5.46. The summed E-state index contributed by atoms with van der Waals surface area (Å²) < 4.78 is 10.9. The molecule has 0 aliphatic heterocycles. The number of nitrogens with one attached hydrogen (secondary N) is 1. The molecule has 33 heavy (non-hydrogen) atoms. The van der Waals surface area contributed by atoms with Gasteiger partial charge in [0.15, 0.2) is 0 Å². The SMILES string of the molecule is CN(C)C=O.Cc1coc2cc3oc(=O)c(CC(=O)Nc4nnc(C(C)C)s4)c(C)c3cc12. The van der Waals surface area contributed by atoms with Gasteiger partial charge in [0, 0.05) is 36.9 Å². The van der Waals surface area contributed by atoms with Gasteiger partial charge in [-0.2, -0.15) is 0 Å². The van der Waals surface area contributed by atoms with Crippen LogP contribution in [0.3, 0.4) is 0 Å². The van der Waals surface area contributed by atoms with Crippen molar-refractivity contribution < 1.29 is 18.4 Å². The Bertz CT molecular complexity index is 1370. The standard InChI is InChI=1S/C20H19N3O4S.C3H7NO/c1-9(2)18-22-23-20(28-18)21-17(24)6-14-11(4)13-5-12-10(3)8-26-15(12)7-16(13)27-19(14)25;1-4(2)3-5/h5,7-9H,6H2,1-4H3,(H,21,23,24);3H,1-2H3. The Morgan fingerprint density at radius 1 is 1.18 bits per heavy atom. The van der Waals surface area contributed by atoms with Crippen LogP contribution in [0.4, 0.5) is 5.13 Å². The first-order chi connectivity index (χ1) is 15.6. The molecule has 0 aliphatic rings. The van der Waals surface area contributed by atoms with Gasteiger partial charge in [-0.1, -0.05) is 25.2 Å². The van der Waals surface area contributed by atoms with Crippen LogP contribution in [0.15, 0.2) is 32.0 Å². The van der Waals surface area contributed by atoms with Crippen molar-refractivity contribution in [3.05, 3.63) is 50.5 Å². The van der Waals surface area contributed by atoms with Gasteiger partial charge in [-0.3, -0.25) is 9.59 Å². The van der Waals surface area contributed by atoms with E-state index in [1.165, 1.54) is 16.2 Å². The highest BCUT2D eigenvalue weighted by Gasteiger charge is 2.18. The minimum atomic E-state index is -0.525. The number of anilines is 1. The lowest BCUT2D eigenvalue weighted by Crippen LogP contribution is -2.20. The van der Waals surface area contributed by atoms with E-state index in [1.807, 2.05) is 33.8 Å². The average Bonchev–Trinajstić information content (AvgIpc) is 3.37. The largest absolute Gasteiger partial charge is 0.464 e. The van der Waals surface area contributed by atoms with Crippen LogP contribution in [0.25, 0.3) is 21.9 Å². The summed E-state index contributed by atoms with van der Waals surface area (Å²) in [5.41, 5.74) is 2.64. The molecule has 0 saturated heterocycles. The molecular formula is C23H26N4O5S. The van der Waals surface area contributed by atoms with Crippen LogP contribution in [-0.2, 0) is 16.0 Å². The Morgan fingerprint density at radius 3 is 2.48 bits per heavy atom. The molecule has 0 saturated carbocycles. The van der Waals surface area contributed by atoms with Gasteiger partial charge in [0.1, 0.15) is 16.2 Å². The number of hydrogen-bond donors (Lipinski definition) is 1. The van der Waals surface area contributed by atoms with Crippen LogP contribution in [0.1, 0.15) is 41.5 Å². The molecule has 0 aliphatic carbocycles. The highest BCUT2D eigenvalue weighted by atomic mass is 32.1. The topological polar surface area (TPSA) is 119 Å². The second-order valence-electron chi connectivity index (χ2n) is 8.15. The molecule has 0 bridgehead atoms. The lowest BCUT2D eigenvalue weighted by Gasteiger charge is -2.08. The minimum absolute atomic E-state index is 0.0941. The summed E-state index contributed by atoms with van der Waals surface area (Å²) in [5.74, 6) is -0.0945. The second kappa shape index (κ2) is 9.95. The normalized spacial score (nSPS) is 10.9. The molecule has 9 nitrogen and oxygen atoms in total. The van der Waals surface area contributed by atoms with Gasteiger partial charge in [0.2, 0.25) is 17.4 Å². The maximum Gasteiger partial charge on any atom is 0.340 e. The van der Waals surface area contributed by atoms with Crippen molar-refractivity contribution >= 4 is 50.7 Å². The molecule has 0 fully saturated rings. The van der Waals surface area contributed by atoms with Gasteiger partial charge in [0.05, 0.1) is 18.2 Å². The molecule has 1 aromatic carbocycles. The van der Waals surface area contributed by atoms with Crippen LogP contribution in [0.5, 0.6) is 0 Å². The number of carbonyl (C=O) groups is 2. The minimum Gasteiger partial charge on any atom is -0.464 e. The first-order valence-electron chi connectivity index (χ1n) is 10.3. The van der Waals surface area contributed by atoms with Crippen LogP contribution >= 0.6 is 11.3 Å². The number of carbonyl (C=O) groups excluding carboxylic acids is 2. The summed E-state index contributed by atoms with van der Waals surface area (Å²) >= 11 is 1.33. The van der Waals surface area contributed by atoms with Gasteiger partial charge < -0.3 is 19.1 Å². The number of benzene rings is 1. The Labute approximate surface area is 194 Å². The fourth-order valence-corrected chi connectivity index (χ4v) is 3.85. The van der Waals surface area contributed by atoms with Crippen LogP contribution in [0.2, 0.25) is 0 Å². The quantitative estimate of drug-likeness (QED) is 0.346. The van der Waals surface area contributed by atoms with Crippen molar-refractivity contribution in [1.82, 2.24) is 15.1 Å². The van der Waals surface area contributed by atoms with E-state index in [1.54, 1.807) is 26.4 Å². The molecule has 1 N–H and O–H groups in total. The van der Waals surface area contributed by atoms with Crippen molar-refractivity contribution in [3.63, 3.8) is 0 Å². The van der Waals surface area contributed by atoms with E-state index < -0.39 is 5.63 Å². The van der Waals surface area contributed by atoms with Gasteiger partial charge >= 0.3 is 5.63 Å². The molecule has 10 heteroatoms. The zero-order chi connectivity index (χ0) is 24.3. The average molecular weight is 471 g/mol. The molecule has 0 radical (unpaired) electrons. The maximum atomic E-state index is 12.5. The molecule has 0 unspecified atom stereocenters. The first-order valence-corrected chi connectivity index (χ1v) is 11.1. The smallest absolute Gasteiger partial charge is 0.340 e. The fraction of sp³-hybridized carbons (Fsp3) is 0.348. The van der Waals surface area contributed by atoms with E-state index >= 15 is 0 Å². The van der Waals surface area contributed by atoms with Crippen molar-refractivity contribution in [2.45, 2.75) is 40.0 Å². The first kappa shape index (κ1) is 24.1. The number of nitrogens with zero attached hydrogens (tertiary/aromatic N) is 3. The molecule has 3 aromatic heterocycles. The van der Waals surface area contributed by atoms with Crippen LogP contribution < -0.4 is 10.9 Å². The van der Waals surface area contributed by atoms with Gasteiger partial charge in [-0.05, 0) is 31.0 Å². The number of amides is 2. The van der Waals surface area contributed by atoms with Crippen molar-refractivity contribution in [1.29, 1.82) is 0 Å². The fourth-order valence-electron chi connectivity index (χ4n) is 3.08. The van der Waals surface area contributed by atoms with Crippen LogP contribution in [-0.4, -0.2) is 41.5 Å². The van der Waals surface area contributed by atoms with Crippen LogP contribution in [0, 0.1) is 13.8 Å². The molecule has 0 spiro atoms. The Balaban J connectivity index is 0.000000555. The maximum absolute atomic E-state index is 12.5. The van der Waals surface area contributed by atoms with E-state index in [9.17, 15) is 14.4 Å². The third-order valence-corrected chi connectivity index (χ3v) is 6.04. The number of fused-ring (bicyclic) bond motifs is 2. The molecular weight excluding hydrogens is 444 g/mol. The van der Waals surface area contributed by atoms with E-state index in [-0.39, 0.29) is 18.2 Å². The lowest BCUT2D eigenvalue weighted by molar-refractivity contribution is -0.116. The third-order valence-electron chi connectivity index (χ3n) is 4.90. The van der Waals surface area contributed by atoms with E-state index in [4.69, 9.17) is 8.83 Å². The predicted octanol–water partition coefficient (Wildman–Crippen LogP) is 4.02. The number of aromatic nitrogens is 2. The summed E-state index contributed by atoms with van der Waals surface area (Å²) in [6.45, 7) is 7.79. The summed E-state index contributed by atoms with van der Waals surface area (Å²) in [5, 5.41) is 13.7. The highest BCUT2D eigenvalue weighted by molar-refractivity contribution is 7.15. The highest BCUT2D eigenvalue weighted by Crippen LogP contribution is 2.29. The number of hydrogen-bond acceptors (Lipinski definition) is 8. The Morgan fingerprint density at radius 2 is 1.88 bits per heavy atom. The van der Waals surface area contributed by atoms with Crippen molar-refractivity contribution in [3.8, 4) is 0 Å². The Hall–Kier alpha value is -3.53. The molecule has 0 atom stereocenters. The van der Waals surface area contributed by atoms with Crippen molar-refractivity contribution in [2.24, 2.45) is 0 Å². The van der Waals surface area contributed by atoms with Crippen molar-refractivity contribution in [2.75, 3.05) is 19.4 Å².